The van der Waals surface area contributed by atoms with Gasteiger partial charge < -0.3 is 10.6 Å². The van der Waals surface area contributed by atoms with E-state index < -0.39 is 0 Å². The summed E-state index contributed by atoms with van der Waals surface area (Å²) < 4.78 is 0.851. The molecule has 2 rings (SSSR count). The molecular formula is C14H18BrClN2O. The van der Waals surface area contributed by atoms with Crippen molar-refractivity contribution in [2.75, 3.05) is 18.4 Å². The average molecular weight is 346 g/mol. The van der Waals surface area contributed by atoms with E-state index in [1.54, 1.807) is 12.1 Å². The van der Waals surface area contributed by atoms with Crippen LogP contribution in [0.5, 0.6) is 0 Å². The molecule has 0 bridgehead atoms. The molecule has 1 atom stereocenters. The Morgan fingerprint density at radius 3 is 3.11 bits per heavy atom. The van der Waals surface area contributed by atoms with E-state index in [9.17, 15) is 4.79 Å². The molecule has 1 amide bonds. The second kappa shape index (κ2) is 7.27. The Hall–Kier alpha value is -0.580. The Kier molecular flexibility index (Phi) is 5.67. The Balaban J connectivity index is 1.81. The van der Waals surface area contributed by atoms with E-state index >= 15 is 0 Å². The summed E-state index contributed by atoms with van der Waals surface area (Å²) in [6.07, 6.45) is 3.94. The fourth-order valence-electron chi connectivity index (χ4n) is 2.31. The predicted octanol–water partition coefficient (Wildman–Crippen LogP) is 3.82. The molecule has 2 N–H and O–H groups in total. The van der Waals surface area contributed by atoms with E-state index in [0.29, 0.717) is 17.4 Å². The van der Waals surface area contributed by atoms with E-state index in [2.05, 4.69) is 26.6 Å². The first kappa shape index (κ1) is 14.8. The maximum absolute atomic E-state index is 11.9. The molecule has 1 saturated heterocycles. The van der Waals surface area contributed by atoms with Crippen molar-refractivity contribution in [2.24, 2.45) is 5.92 Å². The van der Waals surface area contributed by atoms with Crippen molar-refractivity contribution < 1.29 is 4.79 Å². The number of hydrogen-bond acceptors (Lipinski definition) is 2. The molecule has 1 fully saturated rings. The molecule has 1 aromatic carbocycles. The van der Waals surface area contributed by atoms with Crippen LogP contribution >= 0.6 is 27.5 Å². The van der Waals surface area contributed by atoms with Crippen LogP contribution < -0.4 is 10.6 Å². The van der Waals surface area contributed by atoms with Crippen molar-refractivity contribution in [1.29, 1.82) is 0 Å². The minimum atomic E-state index is 0.0496. The van der Waals surface area contributed by atoms with E-state index in [1.807, 2.05) is 6.07 Å². The predicted molar refractivity (Wildman–Crippen MR) is 82.6 cm³/mol. The summed E-state index contributed by atoms with van der Waals surface area (Å²) in [6.45, 7) is 2.15. The van der Waals surface area contributed by atoms with Crippen molar-refractivity contribution in [3.63, 3.8) is 0 Å². The van der Waals surface area contributed by atoms with E-state index in [4.69, 9.17) is 11.6 Å². The summed E-state index contributed by atoms with van der Waals surface area (Å²) >= 11 is 9.32. The molecule has 0 aliphatic carbocycles. The fourth-order valence-corrected chi connectivity index (χ4v) is 2.83. The van der Waals surface area contributed by atoms with E-state index in [1.165, 1.54) is 12.8 Å². The minimum Gasteiger partial charge on any atom is -0.325 e. The number of amides is 1. The van der Waals surface area contributed by atoms with Crippen molar-refractivity contribution in [1.82, 2.24) is 5.32 Å². The zero-order chi connectivity index (χ0) is 13.7. The Bertz CT molecular complexity index is 447. The van der Waals surface area contributed by atoms with Crippen LogP contribution in [0.25, 0.3) is 0 Å². The molecule has 1 heterocycles. The maximum Gasteiger partial charge on any atom is 0.224 e. The zero-order valence-electron chi connectivity index (χ0n) is 10.7. The van der Waals surface area contributed by atoms with Gasteiger partial charge >= 0.3 is 0 Å². The normalized spacial score (nSPS) is 19.2. The molecule has 104 valence electrons. The van der Waals surface area contributed by atoms with Gasteiger partial charge in [0, 0.05) is 15.9 Å². The molecule has 19 heavy (non-hydrogen) atoms. The highest BCUT2D eigenvalue weighted by molar-refractivity contribution is 9.10. The fraction of sp³-hybridized carbons (Fsp3) is 0.500. The average Bonchev–Trinajstić information content (AvgIpc) is 2.42. The molecule has 1 aliphatic heterocycles. The Morgan fingerprint density at radius 1 is 1.53 bits per heavy atom. The molecule has 1 aliphatic rings. The van der Waals surface area contributed by atoms with Gasteiger partial charge in [0.15, 0.2) is 0 Å². The number of hydrogen-bond donors (Lipinski definition) is 2. The van der Waals surface area contributed by atoms with Gasteiger partial charge in [0.1, 0.15) is 0 Å². The molecule has 3 nitrogen and oxygen atoms in total. The first-order chi connectivity index (χ1) is 9.15. The lowest BCUT2D eigenvalue weighted by Gasteiger charge is -2.22. The molecule has 1 aromatic rings. The van der Waals surface area contributed by atoms with Gasteiger partial charge in [-0.1, -0.05) is 11.6 Å². The standard InChI is InChI=1S/C14H18BrClN2O/c15-12-5-4-11(16)8-13(12)18-14(19)6-3-10-2-1-7-17-9-10/h4-5,8,10,17H,1-3,6-7,9H2,(H,18,19). The Labute approximate surface area is 127 Å². The van der Waals surface area contributed by atoms with Crippen molar-refractivity contribution in [3.8, 4) is 0 Å². The van der Waals surface area contributed by atoms with Gasteiger partial charge in [-0.3, -0.25) is 4.79 Å². The van der Waals surface area contributed by atoms with Crippen LogP contribution in [-0.4, -0.2) is 19.0 Å². The highest BCUT2D eigenvalue weighted by atomic mass is 79.9. The van der Waals surface area contributed by atoms with Gasteiger partial charge in [0.05, 0.1) is 5.69 Å². The third-order valence-corrected chi connectivity index (χ3v) is 4.31. The number of halogens is 2. The van der Waals surface area contributed by atoms with E-state index in [0.717, 1.165) is 29.7 Å². The van der Waals surface area contributed by atoms with Crippen LogP contribution in [0.1, 0.15) is 25.7 Å². The van der Waals surface area contributed by atoms with Crippen LogP contribution in [0.3, 0.4) is 0 Å². The second-order valence-electron chi connectivity index (χ2n) is 4.92. The Morgan fingerprint density at radius 2 is 2.37 bits per heavy atom. The monoisotopic (exact) mass is 344 g/mol. The van der Waals surface area contributed by atoms with Gasteiger partial charge in [-0.15, -0.1) is 0 Å². The summed E-state index contributed by atoms with van der Waals surface area (Å²) in [5.41, 5.74) is 0.735. The summed E-state index contributed by atoms with van der Waals surface area (Å²) in [5.74, 6) is 0.677. The molecule has 5 heteroatoms. The SMILES string of the molecule is O=C(CCC1CCCNC1)Nc1cc(Cl)ccc1Br. The molecule has 0 saturated carbocycles. The number of piperidine rings is 1. The third kappa shape index (κ3) is 4.79. The maximum atomic E-state index is 11.9. The van der Waals surface area contributed by atoms with Gasteiger partial charge in [0.2, 0.25) is 5.91 Å². The third-order valence-electron chi connectivity index (χ3n) is 3.38. The first-order valence-electron chi connectivity index (χ1n) is 6.61. The van der Waals surface area contributed by atoms with Crippen molar-refractivity contribution in [3.05, 3.63) is 27.7 Å². The molecule has 1 unspecified atom stereocenters. The lowest BCUT2D eigenvalue weighted by molar-refractivity contribution is -0.116. The summed E-state index contributed by atoms with van der Waals surface area (Å²) in [6, 6.07) is 5.38. The second-order valence-corrected chi connectivity index (χ2v) is 6.21. The molecular weight excluding hydrogens is 328 g/mol. The molecule has 0 radical (unpaired) electrons. The number of benzene rings is 1. The molecule has 0 aromatic heterocycles. The zero-order valence-corrected chi connectivity index (χ0v) is 13.1. The highest BCUT2D eigenvalue weighted by Gasteiger charge is 2.15. The smallest absolute Gasteiger partial charge is 0.224 e. The van der Waals surface area contributed by atoms with Crippen LogP contribution in [0.4, 0.5) is 5.69 Å². The van der Waals surface area contributed by atoms with Gasteiger partial charge in [-0.2, -0.15) is 0 Å². The quantitative estimate of drug-likeness (QED) is 0.871. The van der Waals surface area contributed by atoms with Crippen molar-refractivity contribution in [2.45, 2.75) is 25.7 Å². The van der Waals surface area contributed by atoms with Crippen molar-refractivity contribution >= 4 is 39.1 Å². The first-order valence-corrected chi connectivity index (χ1v) is 7.78. The van der Waals surface area contributed by atoms with Crippen LogP contribution in [0, 0.1) is 5.92 Å². The number of rotatable bonds is 4. The molecule has 0 spiro atoms. The minimum absolute atomic E-state index is 0.0496. The van der Waals surface area contributed by atoms with Gasteiger partial charge in [-0.25, -0.2) is 0 Å². The van der Waals surface area contributed by atoms with Gasteiger partial charge in [0.25, 0.3) is 0 Å². The number of anilines is 1. The number of nitrogens with one attached hydrogen (secondary N) is 2. The highest BCUT2D eigenvalue weighted by Crippen LogP contribution is 2.26. The topological polar surface area (TPSA) is 41.1 Å². The van der Waals surface area contributed by atoms with Crippen LogP contribution in [0.15, 0.2) is 22.7 Å². The number of carbonyl (C=O) groups is 1. The summed E-state index contributed by atoms with van der Waals surface area (Å²) in [5, 5.41) is 6.89. The van der Waals surface area contributed by atoms with Crippen LogP contribution in [0.2, 0.25) is 5.02 Å². The summed E-state index contributed by atoms with van der Waals surface area (Å²) in [7, 11) is 0. The number of carbonyl (C=O) groups excluding carboxylic acids is 1. The van der Waals surface area contributed by atoms with Crippen LogP contribution in [-0.2, 0) is 4.79 Å². The largest absolute Gasteiger partial charge is 0.325 e. The van der Waals surface area contributed by atoms with Gasteiger partial charge in [-0.05, 0) is 72.4 Å². The summed E-state index contributed by atoms with van der Waals surface area (Å²) in [4.78, 5) is 11.9. The lowest BCUT2D eigenvalue weighted by atomic mass is 9.94. The lowest BCUT2D eigenvalue weighted by Crippen LogP contribution is -2.30. The van der Waals surface area contributed by atoms with E-state index in [-0.39, 0.29) is 5.91 Å².